The molecular formula is C32H38N6O4. The molecule has 5 rings (SSSR count). The van der Waals surface area contributed by atoms with Gasteiger partial charge in [0, 0.05) is 61.8 Å². The topological polar surface area (TPSA) is 130 Å². The van der Waals surface area contributed by atoms with Gasteiger partial charge in [0.2, 0.25) is 5.91 Å². The summed E-state index contributed by atoms with van der Waals surface area (Å²) >= 11 is 0. The van der Waals surface area contributed by atoms with E-state index in [2.05, 4.69) is 20.5 Å². The van der Waals surface area contributed by atoms with Gasteiger partial charge < -0.3 is 30.9 Å². The quantitative estimate of drug-likeness (QED) is 0.379. The number of carbonyl (C=O) groups is 3. The molecule has 1 aliphatic heterocycles. The average Bonchev–Trinajstić information content (AvgIpc) is 3.03. The summed E-state index contributed by atoms with van der Waals surface area (Å²) in [5, 5.41) is 6.14. The molecule has 42 heavy (non-hydrogen) atoms. The fourth-order valence-electron chi connectivity index (χ4n) is 5.51. The fraction of sp³-hybridized carbons (Fsp3) is 0.375. The van der Waals surface area contributed by atoms with Crippen molar-refractivity contribution in [1.82, 2.24) is 15.2 Å². The lowest BCUT2D eigenvalue weighted by Crippen LogP contribution is -2.49. The first-order valence-corrected chi connectivity index (χ1v) is 14.5. The molecule has 4 N–H and O–H groups in total. The standard InChI is InChI=1S/C32H38N6O4/c1-42-27-9-2-22(3-10-27)20-30(39)38-18-16-37(17-19-38)29-11-4-24(32(41)35-26-7-5-25(33)6-8-26)21-28(29)36-31(40)23-12-14-34-15-13-23/h2-4,9-15,21,25-26H,5-8,16-20,33H2,1H3,(H,35,41)(H,36,40). The second-order valence-corrected chi connectivity index (χ2v) is 10.9. The number of hydrogen-bond donors (Lipinski definition) is 3. The molecule has 220 valence electrons. The molecule has 1 aliphatic carbocycles. The van der Waals surface area contributed by atoms with E-state index in [1.165, 1.54) is 0 Å². The number of anilines is 2. The van der Waals surface area contributed by atoms with Crippen LogP contribution in [0, 0.1) is 0 Å². The highest BCUT2D eigenvalue weighted by Crippen LogP contribution is 2.30. The van der Waals surface area contributed by atoms with E-state index in [-0.39, 0.29) is 29.8 Å². The number of amides is 3. The first-order valence-electron chi connectivity index (χ1n) is 14.5. The van der Waals surface area contributed by atoms with Crippen molar-refractivity contribution < 1.29 is 19.1 Å². The molecule has 0 atom stereocenters. The maximum atomic E-state index is 13.2. The smallest absolute Gasteiger partial charge is 0.255 e. The first kappa shape index (κ1) is 29.1. The van der Waals surface area contributed by atoms with E-state index in [4.69, 9.17) is 10.5 Å². The molecule has 1 saturated heterocycles. The highest BCUT2D eigenvalue weighted by Gasteiger charge is 2.25. The highest BCUT2D eigenvalue weighted by atomic mass is 16.5. The Balaban J connectivity index is 1.28. The second-order valence-electron chi connectivity index (χ2n) is 10.9. The number of ether oxygens (including phenoxy) is 1. The van der Waals surface area contributed by atoms with Gasteiger partial charge in [-0.05, 0) is 73.7 Å². The predicted molar refractivity (Wildman–Crippen MR) is 162 cm³/mol. The van der Waals surface area contributed by atoms with Crippen molar-refractivity contribution in [2.45, 2.75) is 44.2 Å². The van der Waals surface area contributed by atoms with Gasteiger partial charge in [-0.1, -0.05) is 12.1 Å². The van der Waals surface area contributed by atoms with Crippen LogP contribution < -0.4 is 26.0 Å². The summed E-state index contributed by atoms with van der Waals surface area (Å²) in [6.45, 7) is 2.30. The van der Waals surface area contributed by atoms with E-state index in [1.807, 2.05) is 35.2 Å². The minimum absolute atomic E-state index is 0.0710. The molecule has 0 bridgehead atoms. The lowest BCUT2D eigenvalue weighted by Gasteiger charge is -2.37. The van der Waals surface area contributed by atoms with Gasteiger partial charge in [0.25, 0.3) is 11.8 Å². The Kier molecular flexibility index (Phi) is 9.33. The van der Waals surface area contributed by atoms with Crippen molar-refractivity contribution >= 4 is 29.1 Å². The van der Waals surface area contributed by atoms with Crippen LogP contribution in [0.4, 0.5) is 11.4 Å². The Morgan fingerprint density at radius 3 is 2.24 bits per heavy atom. The summed E-state index contributed by atoms with van der Waals surface area (Å²) in [6, 6.07) is 16.5. The number of pyridine rings is 1. The van der Waals surface area contributed by atoms with Gasteiger partial charge in [0.05, 0.1) is 24.9 Å². The summed E-state index contributed by atoms with van der Waals surface area (Å²) in [7, 11) is 1.62. The largest absolute Gasteiger partial charge is 0.497 e. The molecule has 3 aromatic rings. The molecule has 3 amide bonds. The van der Waals surface area contributed by atoms with Crippen LogP contribution in [0.5, 0.6) is 5.75 Å². The maximum absolute atomic E-state index is 13.2. The Bertz CT molecular complexity index is 1380. The molecule has 2 fully saturated rings. The SMILES string of the molecule is COc1ccc(CC(=O)N2CCN(c3ccc(C(=O)NC4CCC(N)CC4)cc3NC(=O)c3ccncc3)CC2)cc1. The van der Waals surface area contributed by atoms with Crippen LogP contribution in [-0.4, -0.2) is 73.0 Å². The van der Waals surface area contributed by atoms with E-state index in [0.717, 1.165) is 42.7 Å². The minimum Gasteiger partial charge on any atom is -0.497 e. The van der Waals surface area contributed by atoms with Crippen LogP contribution in [0.1, 0.15) is 52.0 Å². The molecule has 2 aromatic carbocycles. The minimum atomic E-state index is -0.286. The van der Waals surface area contributed by atoms with Gasteiger partial charge in [-0.2, -0.15) is 0 Å². The van der Waals surface area contributed by atoms with Crippen molar-refractivity contribution in [2.75, 3.05) is 43.5 Å². The van der Waals surface area contributed by atoms with E-state index < -0.39 is 0 Å². The number of nitrogens with zero attached hydrogens (tertiary/aromatic N) is 3. The lowest BCUT2D eigenvalue weighted by molar-refractivity contribution is -0.130. The van der Waals surface area contributed by atoms with Gasteiger partial charge in [-0.25, -0.2) is 0 Å². The fourth-order valence-corrected chi connectivity index (χ4v) is 5.51. The molecular weight excluding hydrogens is 532 g/mol. The summed E-state index contributed by atoms with van der Waals surface area (Å²) in [5.41, 5.74) is 9.27. The zero-order chi connectivity index (χ0) is 29.5. The Labute approximate surface area is 246 Å². The van der Waals surface area contributed by atoms with Gasteiger partial charge in [-0.3, -0.25) is 19.4 Å². The van der Waals surface area contributed by atoms with Crippen LogP contribution >= 0.6 is 0 Å². The number of carbonyl (C=O) groups excluding carboxylic acids is 3. The maximum Gasteiger partial charge on any atom is 0.255 e. The van der Waals surface area contributed by atoms with Crippen LogP contribution in [0.15, 0.2) is 67.0 Å². The zero-order valence-corrected chi connectivity index (χ0v) is 23.9. The van der Waals surface area contributed by atoms with Gasteiger partial charge in [-0.15, -0.1) is 0 Å². The molecule has 1 saturated carbocycles. The summed E-state index contributed by atoms with van der Waals surface area (Å²) in [5.74, 6) is 0.372. The number of benzene rings is 2. The van der Waals surface area contributed by atoms with Crippen molar-refractivity contribution in [2.24, 2.45) is 5.73 Å². The highest BCUT2D eigenvalue weighted by molar-refractivity contribution is 6.07. The van der Waals surface area contributed by atoms with E-state index in [9.17, 15) is 14.4 Å². The summed E-state index contributed by atoms with van der Waals surface area (Å²) < 4.78 is 5.20. The van der Waals surface area contributed by atoms with Gasteiger partial charge in [0.15, 0.2) is 0 Å². The van der Waals surface area contributed by atoms with Crippen molar-refractivity contribution in [3.8, 4) is 5.75 Å². The number of nitrogens with two attached hydrogens (primary N) is 1. The molecule has 10 nitrogen and oxygen atoms in total. The average molecular weight is 571 g/mol. The Morgan fingerprint density at radius 1 is 0.881 bits per heavy atom. The molecule has 10 heteroatoms. The summed E-state index contributed by atoms with van der Waals surface area (Å²) in [6.07, 6.45) is 6.97. The Morgan fingerprint density at radius 2 is 1.57 bits per heavy atom. The molecule has 0 radical (unpaired) electrons. The third-order valence-electron chi connectivity index (χ3n) is 8.04. The monoisotopic (exact) mass is 570 g/mol. The molecule has 0 unspecified atom stereocenters. The molecule has 1 aromatic heterocycles. The van der Waals surface area contributed by atoms with E-state index >= 15 is 0 Å². The van der Waals surface area contributed by atoms with E-state index in [0.29, 0.717) is 49.4 Å². The van der Waals surface area contributed by atoms with Crippen molar-refractivity contribution in [1.29, 1.82) is 0 Å². The zero-order valence-electron chi connectivity index (χ0n) is 23.9. The molecule has 0 spiro atoms. The van der Waals surface area contributed by atoms with Crippen LogP contribution in [-0.2, 0) is 11.2 Å². The predicted octanol–water partition coefficient (Wildman–Crippen LogP) is 3.23. The van der Waals surface area contributed by atoms with Crippen LogP contribution in [0.2, 0.25) is 0 Å². The normalized spacial score (nSPS) is 18.7. The van der Waals surface area contributed by atoms with E-state index in [1.54, 1.807) is 43.8 Å². The number of nitrogens with one attached hydrogen (secondary N) is 2. The third-order valence-corrected chi connectivity index (χ3v) is 8.04. The summed E-state index contributed by atoms with van der Waals surface area (Å²) in [4.78, 5) is 47.3. The van der Waals surface area contributed by atoms with Crippen molar-refractivity contribution in [3.05, 3.63) is 83.7 Å². The number of piperazine rings is 1. The third kappa shape index (κ3) is 7.25. The number of methoxy groups -OCH3 is 1. The van der Waals surface area contributed by atoms with Gasteiger partial charge in [0.1, 0.15) is 5.75 Å². The van der Waals surface area contributed by atoms with Crippen LogP contribution in [0.3, 0.4) is 0 Å². The first-order chi connectivity index (χ1) is 20.4. The second kappa shape index (κ2) is 13.5. The number of rotatable bonds is 8. The lowest BCUT2D eigenvalue weighted by atomic mass is 9.91. The molecule has 2 heterocycles. The molecule has 2 aliphatic rings. The Hall–Kier alpha value is -4.44. The van der Waals surface area contributed by atoms with Crippen molar-refractivity contribution in [3.63, 3.8) is 0 Å². The number of hydrogen-bond acceptors (Lipinski definition) is 7. The number of aromatic nitrogens is 1. The van der Waals surface area contributed by atoms with Crippen LogP contribution in [0.25, 0.3) is 0 Å². The van der Waals surface area contributed by atoms with Gasteiger partial charge >= 0.3 is 0 Å².